The highest BCUT2D eigenvalue weighted by atomic mass is 16.5. The maximum Gasteiger partial charge on any atom is 0.0877 e. The van der Waals surface area contributed by atoms with Crippen LogP contribution < -0.4 is 5.32 Å². The Labute approximate surface area is 122 Å². The second kappa shape index (κ2) is 7.21. The Hall–Kier alpha value is -0.900. The van der Waals surface area contributed by atoms with Gasteiger partial charge in [-0.3, -0.25) is 0 Å². The molecule has 1 unspecified atom stereocenters. The Kier molecular flexibility index (Phi) is 5.58. The second-order valence-electron chi connectivity index (χ2n) is 5.68. The first-order valence-corrected chi connectivity index (χ1v) is 7.62. The molecule has 0 amide bonds. The average Bonchev–Trinajstić information content (AvgIpc) is 2.49. The van der Waals surface area contributed by atoms with Crippen LogP contribution in [0.2, 0.25) is 0 Å². The van der Waals surface area contributed by atoms with Crippen LogP contribution in [-0.4, -0.2) is 38.5 Å². The maximum absolute atomic E-state index is 5.95. The van der Waals surface area contributed by atoms with Gasteiger partial charge in [-0.1, -0.05) is 36.8 Å². The summed E-state index contributed by atoms with van der Waals surface area (Å²) in [5.41, 5.74) is 2.57. The van der Waals surface area contributed by atoms with Crippen molar-refractivity contribution in [1.29, 1.82) is 0 Å². The Bertz CT molecular complexity index is 396. The summed E-state index contributed by atoms with van der Waals surface area (Å²) in [6.45, 7) is 6.83. The van der Waals surface area contributed by atoms with Gasteiger partial charge in [-0.25, -0.2) is 0 Å². The van der Waals surface area contributed by atoms with Crippen LogP contribution >= 0.6 is 0 Å². The van der Waals surface area contributed by atoms with Gasteiger partial charge in [-0.15, -0.1) is 0 Å². The van der Waals surface area contributed by atoms with Gasteiger partial charge < -0.3 is 14.8 Å². The molecular formula is C17H27NO2. The summed E-state index contributed by atoms with van der Waals surface area (Å²) < 4.78 is 11.5. The molecule has 1 atom stereocenters. The highest BCUT2D eigenvalue weighted by molar-refractivity contribution is 5.23. The normalized spacial score (nSPS) is 19.8. The minimum atomic E-state index is -0.0981. The number of ether oxygens (including phenoxy) is 2. The van der Waals surface area contributed by atoms with E-state index in [-0.39, 0.29) is 5.60 Å². The van der Waals surface area contributed by atoms with E-state index < -0.39 is 0 Å². The monoisotopic (exact) mass is 277 g/mol. The van der Waals surface area contributed by atoms with E-state index in [0.29, 0.717) is 6.04 Å². The highest BCUT2D eigenvalue weighted by Crippen LogP contribution is 2.30. The van der Waals surface area contributed by atoms with E-state index in [0.717, 1.165) is 39.0 Å². The Morgan fingerprint density at radius 3 is 2.45 bits per heavy atom. The van der Waals surface area contributed by atoms with Gasteiger partial charge in [0.1, 0.15) is 0 Å². The fourth-order valence-corrected chi connectivity index (χ4v) is 3.06. The van der Waals surface area contributed by atoms with Crippen molar-refractivity contribution in [2.24, 2.45) is 0 Å². The van der Waals surface area contributed by atoms with Crippen molar-refractivity contribution in [2.75, 3.05) is 26.9 Å². The van der Waals surface area contributed by atoms with Crippen LogP contribution in [0.15, 0.2) is 24.3 Å². The fraction of sp³-hybridized carbons (Fsp3) is 0.647. The Morgan fingerprint density at radius 1 is 1.25 bits per heavy atom. The minimum absolute atomic E-state index is 0.0981. The summed E-state index contributed by atoms with van der Waals surface area (Å²) in [4.78, 5) is 0. The largest absolute Gasteiger partial charge is 0.381 e. The SMILES string of the molecule is CCNC(Cc1ccc(C)cc1)C1(OC)CCOCC1. The molecule has 1 aromatic rings. The van der Waals surface area contributed by atoms with Crippen LogP contribution in [0.3, 0.4) is 0 Å². The smallest absolute Gasteiger partial charge is 0.0877 e. The van der Waals surface area contributed by atoms with E-state index in [4.69, 9.17) is 9.47 Å². The molecule has 1 fully saturated rings. The van der Waals surface area contributed by atoms with E-state index in [1.807, 2.05) is 7.11 Å². The first-order chi connectivity index (χ1) is 9.70. The lowest BCUT2D eigenvalue weighted by molar-refractivity contribution is -0.110. The number of nitrogens with one attached hydrogen (secondary N) is 1. The number of benzene rings is 1. The Morgan fingerprint density at radius 2 is 1.90 bits per heavy atom. The second-order valence-corrected chi connectivity index (χ2v) is 5.68. The van der Waals surface area contributed by atoms with E-state index in [2.05, 4.69) is 43.4 Å². The predicted octanol–water partition coefficient (Wildman–Crippen LogP) is 2.71. The Balaban J connectivity index is 2.14. The van der Waals surface area contributed by atoms with E-state index in [9.17, 15) is 0 Å². The number of aryl methyl sites for hydroxylation is 1. The zero-order valence-corrected chi connectivity index (χ0v) is 12.9. The third-order valence-electron chi connectivity index (χ3n) is 4.39. The molecule has 1 aromatic carbocycles. The standard InChI is InChI=1S/C17H27NO2/c1-4-18-16(13-15-7-5-14(2)6-8-15)17(19-3)9-11-20-12-10-17/h5-8,16,18H,4,9-13H2,1-3H3. The van der Waals surface area contributed by atoms with Crippen molar-refractivity contribution in [2.45, 2.75) is 44.8 Å². The van der Waals surface area contributed by atoms with Crippen molar-refractivity contribution in [3.63, 3.8) is 0 Å². The molecule has 1 aliphatic heterocycles. The summed E-state index contributed by atoms with van der Waals surface area (Å²) in [7, 11) is 1.84. The molecule has 1 heterocycles. The molecule has 20 heavy (non-hydrogen) atoms. The zero-order chi connectivity index (χ0) is 14.4. The summed E-state index contributed by atoms with van der Waals surface area (Å²) in [6.07, 6.45) is 2.93. The van der Waals surface area contributed by atoms with E-state index in [1.54, 1.807) is 0 Å². The van der Waals surface area contributed by atoms with Gasteiger partial charge in [0.25, 0.3) is 0 Å². The molecule has 1 N–H and O–H groups in total. The molecule has 2 rings (SSSR count). The van der Waals surface area contributed by atoms with Gasteiger partial charge in [-0.05, 0) is 25.5 Å². The predicted molar refractivity (Wildman–Crippen MR) is 82.1 cm³/mol. The molecule has 3 heteroatoms. The quantitative estimate of drug-likeness (QED) is 0.867. The molecule has 0 aliphatic carbocycles. The summed E-state index contributed by atoms with van der Waals surface area (Å²) in [6, 6.07) is 9.15. The van der Waals surface area contributed by atoms with E-state index in [1.165, 1.54) is 11.1 Å². The lowest BCUT2D eigenvalue weighted by atomic mass is 9.82. The highest BCUT2D eigenvalue weighted by Gasteiger charge is 2.40. The van der Waals surface area contributed by atoms with Crippen molar-refractivity contribution < 1.29 is 9.47 Å². The molecule has 0 radical (unpaired) electrons. The molecule has 0 bridgehead atoms. The van der Waals surface area contributed by atoms with Gasteiger partial charge in [0, 0.05) is 39.2 Å². The summed E-state index contributed by atoms with van der Waals surface area (Å²) in [5, 5.41) is 3.63. The van der Waals surface area contributed by atoms with Gasteiger partial charge in [0.2, 0.25) is 0 Å². The molecular weight excluding hydrogens is 250 g/mol. The lowest BCUT2D eigenvalue weighted by Gasteiger charge is -2.42. The minimum Gasteiger partial charge on any atom is -0.381 e. The molecule has 0 saturated carbocycles. The summed E-state index contributed by atoms with van der Waals surface area (Å²) in [5.74, 6) is 0. The van der Waals surface area contributed by atoms with Crippen molar-refractivity contribution in [3.05, 3.63) is 35.4 Å². The van der Waals surface area contributed by atoms with Crippen LogP contribution in [-0.2, 0) is 15.9 Å². The van der Waals surface area contributed by atoms with Crippen molar-refractivity contribution in [3.8, 4) is 0 Å². The number of rotatable bonds is 6. The van der Waals surface area contributed by atoms with E-state index >= 15 is 0 Å². The lowest BCUT2D eigenvalue weighted by Crippen LogP contribution is -2.56. The van der Waals surface area contributed by atoms with Gasteiger partial charge in [0.05, 0.1) is 5.60 Å². The topological polar surface area (TPSA) is 30.5 Å². The van der Waals surface area contributed by atoms with Crippen LogP contribution in [0, 0.1) is 6.92 Å². The van der Waals surface area contributed by atoms with Crippen molar-refractivity contribution >= 4 is 0 Å². The molecule has 112 valence electrons. The van der Waals surface area contributed by atoms with Gasteiger partial charge in [0.15, 0.2) is 0 Å². The first-order valence-electron chi connectivity index (χ1n) is 7.62. The third-order valence-corrected chi connectivity index (χ3v) is 4.39. The molecule has 1 aliphatic rings. The molecule has 1 saturated heterocycles. The van der Waals surface area contributed by atoms with Crippen LogP contribution in [0.4, 0.5) is 0 Å². The number of methoxy groups -OCH3 is 1. The number of hydrogen-bond donors (Lipinski definition) is 1. The van der Waals surface area contributed by atoms with Crippen LogP contribution in [0.25, 0.3) is 0 Å². The fourth-order valence-electron chi connectivity index (χ4n) is 3.06. The number of likely N-dealkylation sites (N-methyl/N-ethyl adjacent to an activating group) is 1. The number of hydrogen-bond acceptors (Lipinski definition) is 3. The van der Waals surface area contributed by atoms with Gasteiger partial charge >= 0.3 is 0 Å². The third kappa shape index (κ3) is 3.60. The molecule has 3 nitrogen and oxygen atoms in total. The average molecular weight is 277 g/mol. The first kappa shape index (κ1) is 15.5. The maximum atomic E-state index is 5.95. The van der Waals surface area contributed by atoms with Crippen molar-refractivity contribution in [1.82, 2.24) is 5.32 Å². The molecule has 0 aromatic heterocycles. The summed E-state index contributed by atoms with van der Waals surface area (Å²) >= 11 is 0. The van der Waals surface area contributed by atoms with Crippen LogP contribution in [0.1, 0.15) is 30.9 Å². The van der Waals surface area contributed by atoms with Crippen LogP contribution in [0.5, 0.6) is 0 Å². The zero-order valence-electron chi connectivity index (χ0n) is 12.9. The molecule has 0 spiro atoms. The van der Waals surface area contributed by atoms with Gasteiger partial charge in [-0.2, -0.15) is 0 Å².